The van der Waals surface area contributed by atoms with Gasteiger partial charge in [-0.1, -0.05) is 28.9 Å². The topological polar surface area (TPSA) is 18.5 Å². The van der Waals surface area contributed by atoms with Gasteiger partial charge in [-0.3, -0.25) is 0 Å². The molecule has 17 heavy (non-hydrogen) atoms. The van der Waals surface area contributed by atoms with Crippen LogP contribution in [-0.2, 0) is 4.74 Å². The van der Waals surface area contributed by atoms with Crippen molar-refractivity contribution in [3.05, 3.63) is 28.2 Å². The highest BCUT2D eigenvalue weighted by Gasteiger charge is 2.32. The maximum absolute atomic E-state index is 6.51. The van der Waals surface area contributed by atoms with Gasteiger partial charge in [0.2, 0.25) is 0 Å². The zero-order valence-electron chi connectivity index (χ0n) is 9.95. The van der Waals surface area contributed by atoms with Gasteiger partial charge in [-0.2, -0.15) is 0 Å². The van der Waals surface area contributed by atoms with Crippen LogP contribution in [0, 0.1) is 5.92 Å². The Morgan fingerprint density at radius 1 is 1.53 bits per heavy atom. The number of halogens is 2. The van der Waals surface area contributed by atoms with Gasteiger partial charge in [0.15, 0.2) is 0 Å². The Kier molecular flexibility index (Phi) is 4.34. The van der Waals surface area contributed by atoms with Gasteiger partial charge in [-0.25, -0.2) is 0 Å². The molecule has 2 nitrogen and oxygen atoms in total. The summed E-state index contributed by atoms with van der Waals surface area (Å²) < 4.78 is 11.9. The third-order valence-electron chi connectivity index (χ3n) is 3.24. The van der Waals surface area contributed by atoms with E-state index in [1.54, 1.807) is 7.11 Å². The van der Waals surface area contributed by atoms with Gasteiger partial charge in [0.05, 0.1) is 18.6 Å². The largest absolute Gasteiger partial charge is 0.497 e. The minimum Gasteiger partial charge on any atom is -0.497 e. The Bertz CT molecular complexity index is 397. The molecule has 1 aromatic carbocycles. The monoisotopic (exact) mass is 318 g/mol. The number of benzene rings is 1. The molecule has 0 radical (unpaired) electrons. The van der Waals surface area contributed by atoms with Gasteiger partial charge >= 0.3 is 0 Å². The molecule has 0 bridgehead atoms. The molecule has 3 unspecified atom stereocenters. The van der Waals surface area contributed by atoms with Crippen LogP contribution in [0.25, 0.3) is 0 Å². The lowest BCUT2D eigenvalue weighted by Gasteiger charge is -2.22. The molecule has 1 heterocycles. The fourth-order valence-corrected chi connectivity index (χ4v) is 3.37. The van der Waals surface area contributed by atoms with Crippen molar-refractivity contribution in [2.24, 2.45) is 5.92 Å². The Balaban J connectivity index is 2.21. The van der Waals surface area contributed by atoms with Crippen LogP contribution in [-0.4, -0.2) is 19.8 Å². The standard InChI is InChI=1S/C13H16BrClO2/c1-8-5-6-17-13(8)12(15)10-4-3-9(16-2)7-11(10)14/h3-4,7-8,12-13H,5-6H2,1-2H3. The summed E-state index contributed by atoms with van der Waals surface area (Å²) in [5.74, 6) is 1.33. The molecule has 0 saturated carbocycles. The SMILES string of the molecule is COc1ccc(C(Cl)C2OCCC2C)c(Br)c1. The van der Waals surface area contributed by atoms with Crippen LogP contribution in [0.15, 0.2) is 22.7 Å². The lowest BCUT2D eigenvalue weighted by Crippen LogP contribution is -2.19. The molecule has 0 aromatic heterocycles. The number of hydrogen-bond donors (Lipinski definition) is 0. The van der Waals surface area contributed by atoms with E-state index in [-0.39, 0.29) is 11.5 Å². The van der Waals surface area contributed by atoms with Gasteiger partial charge in [-0.05, 0) is 30.0 Å². The summed E-state index contributed by atoms with van der Waals surface area (Å²) in [5, 5.41) is -0.118. The second-order valence-corrected chi connectivity index (χ2v) is 5.72. The summed E-state index contributed by atoms with van der Waals surface area (Å²) in [7, 11) is 1.65. The predicted octanol–water partition coefficient (Wildman–Crippen LogP) is 4.16. The molecule has 1 aromatic rings. The van der Waals surface area contributed by atoms with E-state index < -0.39 is 0 Å². The van der Waals surface area contributed by atoms with Crippen LogP contribution in [0.2, 0.25) is 0 Å². The van der Waals surface area contributed by atoms with Crippen LogP contribution in [0.3, 0.4) is 0 Å². The highest BCUT2D eigenvalue weighted by molar-refractivity contribution is 9.10. The zero-order chi connectivity index (χ0) is 12.4. The fourth-order valence-electron chi connectivity index (χ4n) is 2.13. The molecule has 4 heteroatoms. The summed E-state index contributed by atoms with van der Waals surface area (Å²) in [6.07, 6.45) is 1.18. The number of alkyl halides is 1. The Morgan fingerprint density at radius 2 is 2.29 bits per heavy atom. The molecule has 1 aliphatic heterocycles. The molecule has 0 N–H and O–H groups in total. The molecule has 1 saturated heterocycles. The van der Waals surface area contributed by atoms with Crippen LogP contribution >= 0.6 is 27.5 Å². The number of methoxy groups -OCH3 is 1. The van der Waals surface area contributed by atoms with E-state index in [0.717, 1.165) is 28.8 Å². The van der Waals surface area contributed by atoms with Gasteiger partial charge in [0.1, 0.15) is 5.75 Å². The summed E-state index contributed by atoms with van der Waals surface area (Å²) in [6.45, 7) is 2.99. The third-order valence-corrected chi connectivity index (χ3v) is 4.41. The molecule has 94 valence electrons. The Morgan fingerprint density at radius 3 is 2.82 bits per heavy atom. The quantitative estimate of drug-likeness (QED) is 0.779. The second-order valence-electron chi connectivity index (χ2n) is 4.39. The summed E-state index contributed by atoms with van der Waals surface area (Å²) in [5.41, 5.74) is 1.06. The minimum absolute atomic E-state index is 0.0985. The van der Waals surface area contributed by atoms with Crippen molar-refractivity contribution in [2.75, 3.05) is 13.7 Å². The first kappa shape index (κ1) is 13.2. The molecule has 2 rings (SSSR count). The van der Waals surface area contributed by atoms with Crippen LogP contribution in [0.1, 0.15) is 24.3 Å². The van der Waals surface area contributed by atoms with Crippen LogP contribution in [0.5, 0.6) is 5.75 Å². The van der Waals surface area contributed by atoms with E-state index in [1.165, 1.54) is 0 Å². The average Bonchev–Trinajstić information content (AvgIpc) is 2.74. The lowest BCUT2D eigenvalue weighted by atomic mass is 9.97. The van der Waals surface area contributed by atoms with Crippen LogP contribution in [0.4, 0.5) is 0 Å². The van der Waals surface area contributed by atoms with Gasteiger partial charge in [-0.15, -0.1) is 11.6 Å². The van der Waals surface area contributed by atoms with E-state index >= 15 is 0 Å². The van der Waals surface area contributed by atoms with Crippen molar-refractivity contribution in [1.29, 1.82) is 0 Å². The molecular formula is C13H16BrClO2. The van der Waals surface area contributed by atoms with Crippen molar-refractivity contribution in [3.63, 3.8) is 0 Å². The van der Waals surface area contributed by atoms with Gasteiger partial charge < -0.3 is 9.47 Å². The smallest absolute Gasteiger partial charge is 0.120 e. The second kappa shape index (κ2) is 5.59. The normalized spacial score (nSPS) is 25.9. The molecule has 0 spiro atoms. The molecule has 3 atom stereocenters. The first-order valence-corrected chi connectivity index (χ1v) is 6.95. The number of rotatable bonds is 3. The third kappa shape index (κ3) is 2.78. The van der Waals surface area contributed by atoms with Crippen molar-refractivity contribution < 1.29 is 9.47 Å². The van der Waals surface area contributed by atoms with Crippen molar-refractivity contribution in [1.82, 2.24) is 0 Å². The van der Waals surface area contributed by atoms with E-state index in [2.05, 4.69) is 22.9 Å². The Hall–Kier alpha value is -0.250. The molecule has 0 aliphatic carbocycles. The summed E-state index contributed by atoms with van der Waals surface area (Å²) >= 11 is 10.0. The van der Waals surface area contributed by atoms with E-state index in [9.17, 15) is 0 Å². The summed E-state index contributed by atoms with van der Waals surface area (Å²) in [6, 6.07) is 5.86. The molecular weight excluding hydrogens is 303 g/mol. The summed E-state index contributed by atoms with van der Waals surface area (Å²) in [4.78, 5) is 0. The van der Waals surface area contributed by atoms with E-state index in [0.29, 0.717) is 5.92 Å². The van der Waals surface area contributed by atoms with Crippen molar-refractivity contribution >= 4 is 27.5 Å². The zero-order valence-corrected chi connectivity index (χ0v) is 12.3. The predicted molar refractivity (Wildman–Crippen MR) is 72.8 cm³/mol. The first-order chi connectivity index (χ1) is 8.13. The fraction of sp³-hybridized carbons (Fsp3) is 0.538. The molecule has 1 fully saturated rings. The van der Waals surface area contributed by atoms with E-state index in [1.807, 2.05) is 18.2 Å². The average molecular weight is 320 g/mol. The van der Waals surface area contributed by atoms with Crippen molar-refractivity contribution in [3.8, 4) is 5.75 Å². The first-order valence-electron chi connectivity index (χ1n) is 5.72. The van der Waals surface area contributed by atoms with E-state index in [4.69, 9.17) is 21.1 Å². The maximum Gasteiger partial charge on any atom is 0.120 e. The van der Waals surface area contributed by atoms with Crippen molar-refractivity contribution in [2.45, 2.75) is 24.8 Å². The number of ether oxygens (including phenoxy) is 2. The van der Waals surface area contributed by atoms with Gasteiger partial charge in [0, 0.05) is 11.1 Å². The molecule has 1 aliphatic rings. The highest BCUT2D eigenvalue weighted by Crippen LogP contribution is 2.39. The maximum atomic E-state index is 6.51. The minimum atomic E-state index is -0.118. The number of hydrogen-bond acceptors (Lipinski definition) is 2. The Labute approximate surface area is 115 Å². The molecule has 0 amide bonds. The van der Waals surface area contributed by atoms with Gasteiger partial charge in [0.25, 0.3) is 0 Å². The van der Waals surface area contributed by atoms with Crippen LogP contribution < -0.4 is 4.74 Å². The highest BCUT2D eigenvalue weighted by atomic mass is 79.9. The lowest BCUT2D eigenvalue weighted by molar-refractivity contribution is 0.0902.